The van der Waals surface area contributed by atoms with Gasteiger partial charge in [-0.2, -0.15) is 0 Å². The third-order valence-electron chi connectivity index (χ3n) is 5.05. The highest BCUT2D eigenvalue weighted by atomic mass is 35.5. The second kappa shape index (κ2) is 7.46. The number of hydrogen-bond donors (Lipinski definition) is 1. The van der Waals surface area contributed by atoms with Crippen LogP contribution in [0.4, 0.5) is 5.13 Å². The number of fused-ring (bicyclic) bond motifs is 2. The first-order valence-electron chi connectivity index (χ1n) is 9.17. The van der Waals surface area contributed by atoms with Crippen LogP contribution in [-0.2, 0) is 13.0 Å². The van der Waals surface area contributed by atoms with Gasteiger partial charge in [-0.1, -0.05) is 23.2 Å². The summed E-state index contributed by atoms with van der Waals surface area (Å²) in [7, 11) is 0. The number of halogens is 2. The van der Waals surface area contributed by atoms with Crippen molar-refractivity contribution in [3.8, 4) is 11.3 Å². The SMILES string of the molecule is Cc1c(C(=O)Nc2nc(-c3ccc(Cl)cc3Cl)cs2)sc2nc3n(c(=O)c12)CCC3. The van der Waals surface area contributed by atoms with Crippen LogP contribution in [0, 0.1) is 6.92 Å². The van der Waals surface area contributed by atoms with Crippen LogP contribution in [0.2, 0.25) is 10.0 Å². The lowest BCUT2D eigenvalue weighted by Crippen LogP contribution is -2.20. The molecule has 0 radical (unpaired) electrons. The number of nitrogens with one attached hydrogen (secondary N) is 1. The molecule has 0 fully saturated rings. The molecule has 0 saturated heterocycles. The molecule has 10 heteroatoms. The molecular formula is C20H14Cl2N4O2S2. The molecule has 0 bridgehead atoms. The molecule has 1 aliphatic rings. The van der Waals surface area contributed by atoms with Crippen molar-refractivity contribution in [2.24, 2.45) is 0 Å². The number of benzene rings is 1. The number of aryl methyl sites for hydroxylation is 2. The predicted molar refractivity (Wildman–Crippen MR) is 122 cm³/mol. The summed E-state index contributed by atoms with van der Waals surface area (Å²) in [5, 5.41) is 6.67. The summed E-state index contributed by atoms with van der Waals surface area (Å²) in [6, 6.07) is 5.18. The number of hydrogen-bond acceptors (Lipinski definition) is 6. The highest BCUT2D eigenvalue weighted by Crippen LogP contribution is 2.33. The van der Waals surface area contributed by atoms with E-state index in [1.54, 1.807) is 29.7 Å². The van der Waals surface area contributed by atoms with Crippen molar-refractivity contribution in [3.05, 3.63) is 60.2 Å². The first-order chi connectivity index (χ1) is 14.4. The van der Waals surface area contributed by atoms with Crippen molar-refractivity contribution in [3.63, 3.8) is 0 Å². The largest absolute Gasteiger partial charge is 0.297 e. The van der Waals surface area contributed by atoms with Gasteiger partial charge in [-0.05, 0) is 37.1 Å². The molecule has 4 heterocycles. The lowest BCUT2D eigenvalue weighted by atomic mass is 10.2. The topological polar surface area (TPSA) is 76.9 Å². The summed E-state index contributed by atoms with van der Waals surface area (Å²) in [6.07, 6.45) is 1.72. The summed E-state index contributed by atoms with van der Waals surface area (Å²) < 4.78 is 1.71. The Hall–Kier alpha value is -2.26. The van der Waals surface area contributed by atoms with Gasteiger partial charge in [0.2, 0.25) is 0 Å². The first-order valence-corrected chi connectivity index (χ1v) is 11.6. The van der Waals surface area contributed by atoms with Gasteiger partial charge in [0.25, 0.3) is 11.5 Å². The van der Waals surface area contributed by atoms with Crippen molar-refractivity contribution in [1.29, 1.82) is 0 Å². The molecule has 0 saturated carbocycles. The van der Waals surface area contributed by atoms with Crippen LogP contribution in [0.25, 0.3) is 21.5 Å². The lowest BCUT2D eigenvalue weighted by molar-refractivity contribution is 0.103. The predicted octanol–water partition coefficient (Wildman–Crippen LogP) is 5.40. The van der Waals surface area contributed by atoms with Crippen LogP contribution >= 0.6 is 45.9 Å². The highest BCUT2D eigenvalue weighted by Gasteiger charge is 2.24. The van der Waals surface area contributed by atoms with E-state index in [-0.39, 0.29) is 11.5 Å². The van der Waals surface area contributed by atoms with Gasteiger partial charge in [-0.25, -0.2) is 9.97 Å². The molecule has 0 spiro atoms. The average Bonchev–Trinajstić information content (AvgIpc) is 3.41. The van der Waals surface area contributed by atoms with Crippen LogP contribution in [0.5, 0.6) is 0 Å². The minimum absolute atomic E-state index is 0.0609. The summed E-state index contributed by atoms with van der Waals surface area (Å²) in [4.78, 5) is 35.9. The molecule has 0 aliphatic carbocycles. The Labute approximate surface area is 189 Å². The number of nitrogens with zero attached hydrogens (tertiary/aromatic N) is 3. The van der Waals surface area contributed by atoms with Gasteiger partial charge in [0, 0.05) is 28.9 Å². The van der Waals surface area contributed by atoms with E-state index in [4.69, 9.17) is 23.2 Å². The molecule has 1 amide bonds. The number of thiophene rings is 1. The number of anilines is 1. The minimum atomic E-state index is -0.303. The smallest absolute Gasteiger partial charge is 0.267 e. The van der Waals surface area contributed by atoms with E-state index in [1.807, 2.05) is 5.38 Å². The van der Waals surface area contributed by atoms with Crippen LogP contribution in [0.3, 0.4) is 0 Å². The van der Waals surface area contributed by atoms with Crippen molar-refractivity contribution in [1.82, 2.24) is 14.5 Å². The third-order valence-corrected chi connectivity index (χ3v) is 7.54. The second-order valence-electron chi connectivity index (χ2n) is 6.94. The van der Waals surface area contributed by atoms with Gasteiger partial charge < -0.3 is 0 Å². The summed E-state index contributed by atoms with van der Waals surface area (Å²) in [5.74, 6) is 0.494. The molecule has 1 aromatic carbocycles. The fraction of sp³-hybridized carbons (Fsp3) is 0.200. The van der Waals surface area contributed by atoms with E-state index in [0.717, 1.165) is 24.2 Å². The lowest BCUT2D eigenvalue weighted by Gasteiger charge is -2.02. The van der Waals surface area contributed by atoms with Crippen LogP contribution < -0.4 is 10.9 Å². The van der Waals surface area contributed by atoms with Crippen molar-refractivity contribution >= 4 is 67.1 Å². The standard InChI is InChI=1S/C20H14Cl2N4O2S2/c1-9-15-18(24-14-3-2-6-26(14)19(15)28)30-16(9)17(27)25-20-23-13(8-29-20)11-5-4-10(21)7-12(11)22/h4-5,7-8H,2-3,6H2,1H3,(H,23,25,27). The Balaban J connectivity index is 1.46. The Morgan fingerprint density at radius 1 is 1.27 bits per heavy atom. The molecule has 1 aliphatic heterocycles. The molecule has 0 atom stereocenters. The first kappa shape index (κ1) is 19.7. The average molecular weight is 477 g/mol. The van der Waals surface area contributed by atoms with Gasteiger partial charge >= 0.3 is 0 Å². The number of thiazole rings is 1. The molecule has 4 aromatic rings. The number of aromatic nitrogens is 3. The van der Waals surface area contributed by atoms with Gasteiger partial charge in [0.1, 0.15) is 10.7 Å². The Morgan fingerprint density at radius 3 is 2.90 bits per heavy atom. The Bertz CT molecular complexity index is 1390. The van der Waals surface area contributed by atoms with Crippen molar-refractivity contribution in [2.45, 2.75) is 26.3 Å². The molecule has 5 rings (SSSR count). The maximum atomic E-state index is 12.9. The summed E-state index contributed by atoms with van der Waals surface area (Å²) >= 11 is 14.8. The normalized spacial score (nSPS) is 13.0. The number of carbonyl (C=O) groups excluding carboxylic acids is 1. The van der Waals surface area contributed by atoms with Gasteiger partial charge in [-0.3, -0.25) is 19.5 Å². The van der Waals surface area contributed by atoms with Gasteiger partial charge in [-0.15, -0.1) is 22.7 Å². The van der Waals surface area contributed by atoms with Crippen LogP contribution in [0.15, 0.2) is 28.4 Å². The highest BCUT2D eigenvalue weighted by molar-refractivity contribution is 7.21. The van der Waals surface area contributed by atoms with Crippen molar-refractivity contribution < 1.29 is 4.79 Å². The van der Waals surface area contributed by atoms with E-state index in [1.165, 1.54) is 22.7 Å². The number of amides is 1. The fourth-order valence-electron chi connectivity index (χ4n) is 3.60. The van der Waals surface area contributed by atoms with E-state index >= 15 is 0 Å². The molecule has 0 unspecified atom stereocenters. The molecule has 152 valence electrons. The van der Waals surface area contributed by atoms with E-state index < -0.39 is 0 Å². The minimum Gasteiger partial charge on any atom is -0.297 e. The quantitative estimate of drug-likeness (QED) is 0.429. The molecule has 30 heavy (non-hydrogen) atoms. The van der Waals surface area contributed by atoms with E-state index in [0.29, 0.717) is 48.1 Å². The molecular weight excluding hydrogens is 463 g/mol. The number of rotatable bonds is 3. The third kappa shape index (κ3) is 3.24. The monoisotopic (exact) mass is 476 g/mol. The summed E-state index contributed by atoms with van der Waals surface area (Å²) in [6.45, 7) is 2.47. The number of carbonyl (C=O) groups is 1. The van der Waals surface area contributed by atoms with Gasteiger partial charge in [0.05, 0.1) is 21.0 Å². The van der Waals surface area contributed by atoms with E-state index in [9.17, 15) is 9.59 Å². The fourth-order valence-corrected chi connectivity index (χ4v) is 5.89. The maximum Gasteiger partial charge on any atom is 0.267 e. The zero-order valence-corrected chi connectivity index (χ0v) is 18.8. The zero-order chi connectivity index (χ0) is 21.0. The molecule has 3 aromatic heterocycles. The van der Waals surface area contributed by atoms with E-state index in [2.05, 4.69) is 15.3 Å². The van der Waals surface area contributed by atoms with Gasteiger partial charge in [0.15, 0.2) is 5.13 Å². The maximum absolute atomic E-state index is 12.9. The zero-order valence-electron chi connectivity index (χ0n) is 15.7. The Morgan fingerprint density at radius 2 is 2.10 bits per heavy atom. The summed E-state index contributed by atoms with van der Waals surface area (Å²) in [5.41, 5.74) is 1.99. The molecule has 1 N–H and O–H groups in total. The Kier molecular flexibility index (Phi) is 4.89. The van der Waals surface area contributed by atoms with Crippen LogP contribution in [-0.4, -0.2) is 20.4 Å². The second-order valence-corrected chi connectivity index (χ2v) is 9.64. The van der Waals surface area contributed by atoms with Crippen molar-refractivity contribution in [2.75, 3.05) is 5.32 Å². The molecule has 6 nitrogen and oxygen atoms in total. The van der Waals surface area contributed by atoms with Crippen LogP contribution in [0.1, 0.15) is 27.5 Å².